The van der Waals surface area contributed by atoms with Gasteiger partial charge in [-0.3, -0.25) is 4.79 Å². The molecule has 1 aliphatic heterocycles. The quantitative estimate of drug-likeness (QED) is 0.789. The Kier molecular flexibility index (Phi) is 4.56. The Bertz CT molecular complexity index is 523. The van der Waals surface area contributed by atoms with E-state index in [2.05, 4.69) is 17.2 Å². The number of anilines is 1. The van der Waals surface area contributed by atoms with Crippen LogP contribution < -0.4 is 11.1 Å². The molecule has 1 atom stereocenters. The van der Waals surface area contributed by atoms with Crippen LogP contribution in [-0.2, 0) is 9.53 Å². The van der Waals surface area contributed by atoms with Crippen LogP contribution in [0.3, 0.4) is 0 Å². The SMILES string of the molecule is Cc1cc(C#CCN)cc(NC(=O)C2CCCO2)c1. The maximum Gasteiger partial charge on any atom is 0.253 e. The molecule has 0 radical (unpaired) electrons. The highest BCUT2D eigenvalue weighted by molar-refractivity contribution is 5.94. The van der Waals surface area contributed by atoms with E-state index < -0.39 is 0 Å². The van der Waals surface area contributed by atoms with Crippen LogP contribution in [0.2, 0.25) is 0 Å². The first-order valence-corrected chi connectivity index (χ1v) is 6.42. The molecular formula is C15H18N2O2. The molecular weight excluding hydrogens is 240 g/mol. The van der Waals surface area contributed by atoms with Crippen molar-refractivity contribution in [3.63, 3.8) is 0 Å². The minimum absolute atomic E-state index is 0.0826. The highest BCUT2D eigenvalue weighted by Gasteiger charge is 2.23. The van der Waals surface area contributed by atoms with Gasteiger partial charge >= 0.3 is 0 Å². The molecule has 1 aliphatic rings. The van der Waals surface area contributed by atoms with E-state index in [0.717, 1.165) is 29.7 Å². The Morgan fingerprint density at radius 3 is 3.05 bits per heavy atom. The molecule has 1 unspecified atom stereocenters. The normalized spacial score (nSPS) is 17.7. The first kappa shape index (κ1) is 13.6. The van der Waals surface area contributed by atoms with Gasteiger partial charge in [-0.15, -0.1) is 0 Å². The Morgan fingerprint density at radius 2 is 2.37 bits per heavy atom. The zero-order chi connectivity index (χ0) is 13.7. The number of rotatable bonds is 2. The Balaban J connectivity index is 2.10. The van der Waals surface area contributed by atoms with Crippen molar-refractivity contribution in [1.29, 1.82) is 0 Å². The minimum Gasteiger partial charge on any atom is -0.368 e. The van der Waals surface area contributed by atoms with E-state index in [1.54, 1.807) is 0 Å². The second-order valence-electron chi connectivity index (χ2n) is 4.58. The van der Waals surface area contributed by atoms with E-state index >= 15 is 0 Å². The van der Waals surface area contributed by atoms with Gasteiger partial charge in [0.15, 0.2) is 0 Å². The van der Waals surface area contributed by atoms with Crippen molar-refractivity contribution in [1.82, 2.24) is 0 Å². The molecule has 0 saturated carbocycles. The monoisotopic (exact) mass is 258 g/mol. The van der Waals surface area contributed by atoms with Gasteiger partial charge in [0.05, 0.1) is 6.54 Å². The van der Waals surface area contributed by atoms with Crippen LogP contribution in [-0.4, -0.2) is 25.2 Å². The fourth-order valence-corrected chi connectivity index (χ4v) is 2.09. The van der Waals surface area contributed by atoms with E-state index in [-0.39, 0.29) is 12.0 Å². The summed E-state index contributed by atoms with van der Waals surface area (Å²) in [5.41, 5.74) is 8.01. The Hall–Kier alpha value is -1.83. The van der Waals surface area contributed by atoms with Gasteiger partial charge in [-0.1, -0.05) is 11.8 Å². The van der Waals surface area contributed by atoms with Gasteiger partial charge in [0.25, 0.3) is 5.91 Å². The van der Waals surface area contributed by atoms with Crippen LogP contribution >= 0.6 is 0 Å². The van der Waals surface area contributed by atoms with Crippen molar-refractivity contribution in [2.24, 2.45) is 5.73 Å². The molecule has 1 amide bonds. The van der Waals surface area contributed by atoms with Crippen molar-refractivity contribution in [3.8, 4) is 11.8 Å². The molecule has 1 saturated heterocycles. The summed E-state index contributed by atoms with van der Waals surface area (Å²) in [6.07, 6.45) is 1.41. The molecule has 1 aromatic rings. The predicted molar refractivity (Wildman–Crippen MR) is 74.7 cm³/mol. The lowest BCUT2D eigenvalue weighted by atomic mass is 10.1. The number of hydrogen-bond acceptors (Lipinski definition) is 3. The fraction of sp³-hybridized carbons (Fsp3) is 0.400. The third-order valence-electron chi connectivity index (χ3n) is 2.90. The van der Waals surface area contributed by atoms with Gasteiger partial charge in [0, 0.05) is 17.9 Å². The van der Waals surface area contributed by atoms with E-state index in [1.807, 2.05) is 25.1 Å². The number of hydrogen-bond donors (Lipinski definition) is 2. The van der Waals surface area contributed by atoms with Crippen LogP contribution in [0.25, 0.3) is 0 Å². The summed E-state index contributed by atoms with van der Waals surface area (Å²) in [4.78, 5) is 12.0. The summed E-state index contributed by atoms with van der Waals surface area (Å²) >= 11 is 0. The summed E-state index contributed by atoms with van der Waals surface area (Å²) in [6, 6.07) is 5.73. The standard InChI is InChI=1S/C15H18N2O2/c1-11-8-12(4-2-6-16)10-13(9-11)17-15(18)14-5-3-7-19-14/h8-10,14H,3,5-7,16H2,1H3,(H,17,18). The molecule has 1 fully saturated rings. The molecule has 2 rings (SSSR count). The van der Waals surface area contributed by atoms with Crippen molar-refractivity contribution >= 4 is 11.6 Å². The summed E-state index contributed by atoms with van der Waals surface area (Å²) < 4.78 is 5.36. The number of ether oxygens (including phenoxy) is 1. The second-order valence-corrected chi connectivity index (χ2v) is 4.58. The molecule has 19 heavy (non-hydrogen) atoms. The molecule has 0 aliphatic carbocycles. The van der Waals surface area contributed by atoms with Gasteiger partial charge in [-0.25, -0.2) is 0 Å². The molecule has 4 heteroatoms. The zero-order valence-electron chi connectivity index (χ0n) is 11.0. The second kappa shape index (κ2) is 6.37. The lowest BCUT2D eigenvalue weighted by Gasteiger charge is -2.11. The van der Waals surface area contributed by atoms with E-state index in [4.69, 9.17) is 10.5 Å². The number of carbonyl (C=O) groups is 1. The molecule has 3 N–H and O–H groups in total. The molecule has 4 nitrogen and oxygen atoms in total. The summed E-state index contributed by atoms with van der Waals surface area (Å²) in [5.74, 6) is 5.70. The molecule has 1 heterocycles. The predicted octanol–water partition coefficient (Wildman–Crippen LogP) is 1.42. The first-order chi connectivity index (χ1) is 9.19. The van der Waals surface area contributed by atoms with Gasteiger partial charge in [-0.05, 0) is 43.5 Å². The van der Waals surface area contributed by atoms with Gasteiger partial charge < -0.3 is 15.8 Å². The third kappa shape index (κ3) is 3.82. The summed E-state index contributed by atoms with van der Waals surface area (Å²) in [5, 5.41) is 2.88. The lowest BCUT2D eigenvalue weighted by molar-refractivity contribution is -0.124. The van der Waals surface area contributed by atoms with Crippen molar-refractivity contribution in [2.75, 3.05) is 18.5 Å². The van der Waals surface area contributed by atoms with Crippen LogP contribution in [0.5, 0.6) is 0 Å². The minimum atomic E-state index is -0.320. The van der Waals surface area contributed by atoms with Crippen LogP contribution in [0.4, 0.5) is 5.69 Å². The largest absolute Gasteiger partial charge is 0.368 e. The lowest BCUT2D eigenvalue weighted by Crippen LogP contribution is -2.26. The highest BCUT2D eigenvalue weighted by Crippen LogP contribution is 2.17. The average Bonchev–Trinajstić information content (AvgIpc) is 2.89. The van der Waals surface area contributed by atoms with E-state index in [0.29, 0.717) is 13.2 Å². The smallest absolute Gasteiger partial charge is 0.253 e. The number of nitrogens with one attached hydrogen (secondary N) is 1. The molecule has 0 bridgehead atoms. The van der Waals surface area contributed by atoms with Crippen molar-refractivity contribution < 1.29 is 9.53 Å². The number of benzene rings is 1. The number of nitrogens with two attached hydrogens (primary N) is 1. The van der Waals surface area contributed by atoms with E-state index in [1.165, 1.54) is 0 Å². The fourth-order valence-electron chi connectivity index (χ4n) is 2.09. The third-order valence-corrected chi connectivity index (χ3v) is 2.90. The van der Waals surface area contributed by atoms with Gasteiger partial charge in [0.1, 0.15) is 6.10 Å². The Labute approximate surface area is 113 Å². The Morgan fingerprint density at radius 1 is 1.53 bits per heavy atom. The highest BCUT2D eigenvalue weighted by atomic mass is 16.5. The van der Waals surface area contributed by atoms with E-state index in [9.17, 15) is 4.79 Å². The first-order valence-electron chi connectivity index (χ1n) is 6.42. The summed E-state index contributed by atoms with van der Waals surface area (Å²) in [6.45, 7) is 2.96. The molecule has 100 valence electrons. The summed E-state index contributed by atoms with van der Waals surface area (Å²) in [7, 11) is 0. The van der Waals surface area contributed by atoms with Crippen molar-refractivity contribution in [2.45, 2.75) is 25.9 Å². The number of aryl methyl sites for hydroxylation is 1. The topological polar surface area (TPSA) is 64.3 Å². The van der Waals surface area contributed by atoms with Crippen molar-refractivity contribution in [3.05, 3.63) is 29.3 Å². The zero-order valence-corrected chi connectivity index (χ0v) is 11.0. The number of carbonyl (C=O) groups excluding carboxylic acids is 1. The molecule has 1 aromatic carbocycles. The number of amides is 1. The molecule has 0 spiro atoms. The van der Waals surface area contributed by atoms with Crippen LogP contribution in [0, 0.1) is 18.8 Å². The van der Waals surface area contributed by atoms with Crippen LogP contribution in [0.1, 0.15) is 24.0 Å². The van der Waals surface area contributed by atoms with Gasteiger partial charge in [-0.2, -0.15) is 0 Å². The average molecular weight is 258 g/mol. The maximum atomic E-state index is 12.0. The van der Waals surface area contributed by atoms with Gasteiger partial charge in [0.2, 0.25) is 0 Å². The van der Waals surface area contributed by atoms with Crippen LogP contribution in [0.15, 0.2) is 18.2 Å². The molecule has 0 aromatic heterocycles. The maximum absolute atomic E-state index is 12.0.